The molecule has 0 amide bonds. The zero-order chi connectivity index (χ0) is 11.9. The molecule has 2 heteroatoms. The maximum Gasteiger partial charge on any atom is 0.0526 e. The summed E-state index contributed by atoms with van der Waals surface area (Å²) in [5.74, 6) is 0. The monoisotopic (exact) mass is 241 g/mol. The van der Waals surface area contributed by atoms with E-state index in [1.807, 2.05) is 11.8 Å². The molecular formula is C15H15NS. The van der Waals surface area contributed by atoms with Crippen molar-refractivity contribution < 1.29 is 0 Å². The van der Waals surface area contributed by atoms with Crippen LogP contribution >= 0.6 is 11.8 Å². The minimum absolute atomic E-state index is 0.131. The van der Waals surface area contributed by atoms with Gasteiger partial charge in [-0.1, -0.05) is 49.9 Å². The van der Waals surface area contributed by atoms with Crippen molar-refractivity contribution in [1.82, 2.24) is 0 Å². The Hall–Kier alpha value is -1.41. The molecule has 1 aliphatic carbocycles. The second kappa shape index (κ2) is 3.81. The van der Waals surface area contributed by atoms with Crippen LogP contribution in [-0.2, 0) is 0 Å². The predicted molar refractivity (Wildman–Crippen MR) is 75.0 cm³/mol. The maximum absolute atomic E-state index is 3.50. The van der Waals surface area contributed by atoms with E-state index >= 15 is 0 Å². The summed E-state index contributed by atoms with van der Waals surface area (Å²) in [6.07, 6.45) is 8.92. The number of fused-ring (bicyclic) bond motifs is 1. The van der Waals surface area contributed by atoms with Crippen LogP contribution in [0.25, 0.3) is 0 Å². The van der Waals surface area contributed by atoms with Crippen molar-refractivity contribution in [3.05, 3.63) is 59.2 Å². The fraction of sp³-hybridized carbons (Fsp3) is 0.200. The number of benzene rings is 1. The van der Waals surface area contributed by atoms with Crippen LogP contribution in [0, 0.1) is 5.41 Å². The highest BCUT2D eigenvalue weighted by Crippen LogP contribution is 2.42. The molecule has 0 radical (unpaired) electrons. The van der Waals surface area contributed by atoms with Crippen LogP contribution in [0.3, 0.4) is 0 Å². The van der Waals surface area contributed by atoms with Gasteiger partial charge in [0.25, 0.3) is 0 Å². The van der Waals surface area contributed by atoms with Crippen molar-refractivity contribution >= 4 is 17.4 Å². The van der Waals surface area contributed by atoms with E-state index in [2.05, 4.69) is 67.7 Å². The molecule has 0 saturated heterocycles. The Labute approximate surface area is 106 Å². The molecule has 86 valence electrons. The van der Waals surface area contributed by atoms with Gasteiger partial charge in [-0.3, -0.25) is 0 Å². The quantitative estimate of drug-likeness (QED) is 0.714. The number of hydrogen-bond acceptors (Lipinski definition) is 2. The van der Waals surface area contributed by atoms with Crippen LogP contribution in [0.15, 0.2) is 64.1 Å². The van der Waals surface area contributed by atoms with Crippen molar-refractivity contribution in [2.45, 2.75) is 18.7 Å². The summed E-state index contributed by atoms with van der Waals surface area (Å²) in [6, 6.07) is 8.43. The first-order valence-corrected chi connectivity index (χ1v) is 6.62. The molecule has 0 unspecified atom stereocenters. The second-order valence-corrected chi connectivity index (χ2v) is 6.07. The molecule has 0 atom stereocenters. The summed E-state index contributed by atoms with van der Waals surface area (Å²) in [6.45, 7) is 4.44. The number of thioether (sulfide) groups is 1. The van der Waals surface area contributed by atoms with Gasteiger partial charge in [-0.25, -0.2) is 0 Å². The molecule has 0 saturated carbocycles. The third-order valence-corrected chi connectivity index (χ3v) is 4.14. The summed E-state index contributed by atoms with van der Waals surface area (Å²) >= 11 is 1.83. The van der Waals surface area contributed by atoms with Gasteiger partial charge in [-0.05, 0) is 24.3 Å². The van der Waals surface area contributed by atoms with Crippen LogP contribution in [0.5, 0.6) is 0 Å². The topological polar surface area (TPSA) is 12.0 Å². The molecule has 1 aromatic carbocycles. The molecule has 1 aromatic rings. The lowest BCUT2D eigenvalue weighted by Crippen LogP contribution is -2.04. The molecular weight excluding hydrogens is 226 g/mol. The summed E-state index contributed by atoms with van der Waals surface area (Å²) in [4.78, 5) is 2.59. The average Bonchev–Trinajstić information content (AvgIpc) is 2.47. The minimum Gasteiger partial charge on any atom is -0.354 e. The predicted octanol–water partition coefficient (Wildman–Crippen LogP) is 4.57. The van der Waals surface area contributed by atoms with Crippen LogP contribution < -0.4 is 5.32 Å². The van der Waals surface area contributed by atoms with E-state index < -0.39 is 0 Å². The van der Waals surface area contributed by atoms with Gasteiger partial charge in [0, 0.05) is 15.2 Å². The van der Waals surface area contributed by atoms with Crippen molar-refractivity contribution in [2.75, 3.05) is 5.32 Å². The normalized spacial score (nSPS) is 20.4. The van der Waals surface area contributed by atoms with Gasteiger partial charge < -0.3 is 5.32 Å². The van der Waals surface area contributed by atoms with Gasteiger partial charge in [-0.15, -0.1) is 0 Å². The van der Waals surface area contributed by atoms with E-state index in [1.165, 1.54) is 21.2 Å². The molecule has 1 N–H and O–H groups in total. The molecule has 17 heavy (non-hydrogen) atoms. The van der Waals surface area contributed by atoms with Gasteiger partial charge in [0.1, 0.15) is 0 Å². The molecule has 3 rings (SSSR count). The zero-order valence-electron chi connectivity index (χ0n) is 10.0. The van der Waals surface area contributed by atoms with Crippen molar-refractivity contribution in [2.24, 2.45) is 5.41 Å². The fourth-order valence-electron chi connectivity index (χ4n) is 1.93. The van der Waals surface area contributed by atoms with E-state index in [-0.39, 0.29) is 5.41 Å². The third-order valence-electron chi connectivity index (χ3n) is 2.99. The lowest BCUT2D eigenvalue weighted by atomic mass is 9.93. The second-order valence-electron chi connectivity index (χ2n) is 4.99. The lowest BCUT2D eigenvalue weighted by Gasteiger charge is -2.20. The van der Waals surface area contributed by atoms with E-state index in [0.29, 0.717) is 0 Å². The van der Waals surface area contributed by atoms with Gasteiger partial charge >= 0.3 is 0 Å². The van der Waals surface area contributed by atoms with Gasteiger partial charge in [-0.2, -0.15) is 0 Å². The molecule has 1 heterocycles. The van der Waals surface area contributed by atoms with Gasteiger partial charge in [0.2, 0.25) is 0 Å². The summed E-state index contributed by atoms with van der Waals surface area (Å²) in [7, 11) is 0. The Morgan fingerprint density at radius 2 is 1.82 bits per heavy atom. The number of para-hydroxylation sites is 1. The SMILES string of the molecule is CC1(C)C=CC2=C(C=C1)Sc1ccccc1N2. The highest BCUT2D eigenvalue weighted by atomic mass is 32.2. The highest BCUT2D eigenvalue weighted by molar-refractivity contribution is 8.03. The van der Waals surface area contributed by atoms with E-state index in [4.69, 9.17) is 0 Å². The van der Waals surface area contributed by atoms with Gasteiger partial charge in [0.05, 0.1) is 11.4 Å². The highest BCUT2D eigenvalue weighted by Gasteiger charge is 2.19. The Morgan fingerprint density at radius 3 is 2.71 bits per heavy atom. The van der Waals surface area contributed by atoms with Crippen LogP contribution in [0.4, 0.5) is 5.69 Å². The Balaban J connectivity index is 2.02. The summed E-state index contributed by atoms with van der Waals surface area (Å²) < 4.78 is 0. The molecule has 1 nitrogen and oxygen atoms in total. The third kappa shape index (κ3) is 2.05. The van der Waals surface area contributed by atoms with Crippen molar-refractivity contribution in [3.8, 4) is 0 Å². The van der Waals surface area contributed by atoms with E-state index in [9.17, 15) is 0 Å². The van der Waals surface area contributed by atoms with Crippen molar-refractivity contribution in [1.29, 1.82) is 0 Å². The van der Waals surface area contributed by atoms with Crippen molar-refractivity contribution in [3.63, 3.8) is 0 Å². The number of rotatable bonds is 0. The van der Waals surface area contributed by atoms with Crippen LogP contribution in [-0.4, -0.2) is 0 Å². The number of allylic oxidation sites excluding steroid dienone is 4. The summed E-state index contributed by atoms with van der Waals surface area (Å²) in [5, 5.41) is 3.50. The minimum atomic E-state index is 0.131. The van der Waals surface area contributed by atoms with E-state index in [0.717, 1.165) is 0 Å². The number of nitrogens with one attached hydrogen (secondary N) is 1. The molecule has 2 aliphatic rings. The molecule has 0 bridgehead atoms. The standard InChI is InChI=1S/C15H15NS/c1-15(2)9-7-12-14(8-10-15)17-13-6-4-3-5-11(13)16-12/h3-10,16H,1-2H3. The Morgan fingerprint density at radius 1 is 1.06 bits per heavy atom. The largest absolute Gasteiger partial charge is 0.354 e. The zero-order valence-corrected chi connectivity index (χ0v) is 10.8. The van der Waals surface area contributed by atoms with E-state index in [1.54, 1.807) is 0 Å². The lowest BCUT2D eigenvalue weighted by molar-refractivity contribution is 0.627. The molecule has 0 fully saturated rings. The summed E-state index contributed by atoms with van der Waals surface area (Å²) in [5.41, 5.74) is 2.54. The first kappa shape index (κ1) is 10.7. The molecule has 0 aromatic heterocycles. The smallest absolute Gasteiger partial charge is 0.0526 e. The molecule has 0 spiro atoms. The maximum atomic E-state index is 3.50. The van der Waals surface area contributed by atoms with Crippen LogP contribution in [0.2, 0.25) is 0 Å². The van der Waals surface area contributed by atoms with Gasteiger partial charge in [0.15, 0.2) is 0 Å². The first-order chi connectivity index (χ1) is 8.14. The number of hydrogen-bond donors (Lipinski definition) is 1. The average molecular weight is 241 g/mol. The first-order valence-electron chi connectivity index (χ1n) is 5.81. The Kier molecular flexibility index (Phi) is 2.40. The van der Waals surface area contributed by atoms with Crippen LogP contribution in [0.1, 0.15) is 13.8 Å². The Bertz CT molecular complexity index is 503. The molecule has 1 aliphatic heterocycles. The number of anilines is 1. The fourth-order valence-corrected chi connectivity index (χ4v) is 2.91.